The second kappa shape index (κ2) is 8.76. The standard InChI is InChI=1S/C19H23NO8S/c1-20-29(25,26)15-5-3-2-4-13(15)11-6-8-12(9-7-11)27-19-18(24)17(23)16(22)14(10-21)28-19/h2-9,14,16-24H,10H2,1H3/t14-,16-,17+,18+,19+/m1/s1. The van der Waals surface area contributed by atoms with Gasteiger partial charge in [-0.05, 0) is 30.8 Å². The van der Waals surface area contributed by atoms with Crippen LogP contribution < -0.4 is 9.46 Å². The van der Waals surface area contributed by atoms with Crippen molar-refractivity contribution in [3.63, 3.8) is 0 Å². The molecule has 0 aliphatic carbocycles. The molecule has 1 heterocycles. The van der Waals surface area contributed by atoms with Crippen molar-refractivity contribution < 1.29 is 38.3 Å². The van der Waals surface area contributed by atoms with Crippen LogP contribution in [0.4, 0.5) is 0 Å². The SMILES string of the molecule is CNS(=O)(=O)c1ccccc1-c1ccc(O[C@H]2O[C@H](CO)[C@@H](O)[C@H](O)[C@@H]2O)cc1. The summed E-state index contributed by atoms with van der Waals surface area (Å²) in [5, 5.41) is 38.9. The molecule has 1 aliphatic rings. The number of hydrogen-bond acceptors (Lipinski definition) is 8. The van der Waals surface area contributed by atoms with Crippen molar-refractivity contribution in [2.45, 2.75) is 35.6 Å². The average Bonchev–Trinajstić information content (AvgIpc) is 2.74. The minimum Gasteiger partial charge on any atom is -0.462 e. The fourth-order valence-corrected chi connectivity index (χ4v) is 4.01. The van der Waals surface area contributed by atoms with Gasteiger partial charge >= 0.3 is 0 Å². The molecule has 29 heavy (non-hydrogen) atoms. The largest absolute Gasteiger partial charge is 0.462 e. The summed E-state index contributed by atoms with van der Waals surface area (Å²) in [6, 6.07) is 12.9. The van der Waals surface area contributed by atoms with E-state index in [1.54, 1.807) is 42.5 Å². The first kappa shape index (κ1) is 21.7. The highest BCUT2D eigenvalue weighted by atomic mass is 32.2. The fourth-order valence-electron chi connectivity index (χ4n) is 3.06. The molecule has 0 unspecified atom stereocenters. The molecule has 0 amide bonds. The van der Waals surface area contributed by atoms with Gasteiger partial charge in [-0.25, -0.2) is 13.1 Å². The van der Waals surface area contributed by atoms with Crippen LogP contribution in [0, 0.1) is 0 Å². The van der Waals surface area contributed by atoms with Crippen molar-refractivity contribution in [1.29, 1.82) is 0 Å². The van der Waals surface area contributed by atoms with Gasteiger partial charge in [0.25, 0.3) is 0 Å². The zero-order valence-corrected chi connectivity index (χ0v) is 16.4. The van der Waals surface area contributed by atoms with Gasteiger partial charge in [0.1, 0.15) is 30.2 Å². The van der Waals surface area contributed by atoms with Gasteiger partial charge in [-0.15, -0.1) is 0 Å². The number of benzene rings is 2. The summed E-state index contributed by atoms with van der Waals surface area (Å²) >= 11 is 0. The van der Waals surface area contributed by atoms with Crippen LogP contribution >= 0.6 is 0 Å². The Balaban J connectivity index is 1.82. The number of ether oxygens (including phenoxy) is 2. The van der Waals surface area contributed by atoms with Crippen LogP contribution in [0.2, 0.25) is 0 Å². The Hall–Kier alpha value is -2.05. The number of nitrogens with one attached hydrogen (secondary N) is 1. The molecule has 1 aliphatic heterocycles. The van der Waals surface area contributed by atoms with Crippen LogP contribution in [0.15, 0.2) is 53.4 Å². The van der Waals surface area contributed by atoms with E-state index in [9.17, 15) is 28.8 Å². The van der Waals surface area contributed by atoms with E-state index in [1.165, 1.54) is 13.1 Å². The van der Waals surface area contributed by atoms with E-state index in [1.807, 2.05) is 0 Å². The highest BCUT2D eigenvalue weighted by molar-refractivity contribution is 7.89. The topological polar surface area (TPSA) is 146 Å². The minimum absolute atomic E-state index is 0.130. The summed E-state index contributed by atoms with van der Waals surface area (Å²) in [5.74, 6) is 0.284. The van der Waals surface area contributed by atoms with Crippen LogP contribution in [0.25, 0.3) is 11.1 Å². The molecular formula is C19H23NO8S. The number of aliphatic hydroxyl groups excluding tert-OH is 4. The van der Waals surface area contributed by atoms with E-state index in [2.05, 4.69) is 4.72 Å². The van der Waals surface area contributed by atoms with E-state index in [0.29, 0.717) is 11.1 Å². The Morgan fingerprint density at radius 1 is 1.00 bits per heavy atom. The lowest BCUT2D eigenvalue weighted by Gasteiger charge is -2.39. The third-order valence-electron chi connectivity index (χ3n) is 4.71. The normalized spacial score (nSPS) is 27.6. The lowest BCUT2D eigenvalue weighted by atomic mass is 9.99. The first-order chi connectivity index (χ1) is 13.8. The maximum Gasteiger partial charge on any atom is 0.240 e. The number of rotatable bonds is 6. The fraction of sp³-hybridized carbons (Fsp3) is 0.368. The third-order valence-corrected chi connectivity index (χ3v) is 6.18. The Morgan fingerprint density at radius 3 is 2.28 bits per heavy atom. The van der Waals surface area contributed by atoms with Crippen LogP contribution in [0.1, 0.15) is 0 Å². The molecule has 0 radical (unpaired) electrons. The lowest BCUT2D eigenvalue weighted by molar-refractivity contribution is -0.277. The van der Waals surface area contributed by atoms with E-state index < -0.39 is 47.3 Å². The molecule has 9 nitrogen and oxygen atoms in total. The summed E-state index contributed by atoms with van der Waals surface area (Å²) in [6.07, 6.45) is -6.90. The van der Waals surface area contributed by atoms with Crippen molar-refractivity contribution in [3.8, 4) is 16.9 Å². The zero-order valence-electron chi connectivity index (χ0n) is 15.5. The Bertz CT molecular complexity index is 931. The molecule has 1 saturated heterocycles. The molecule has 0 saturated carbocycles. The van der Waals surface area contributed by atoms with Crippen molar-refractivity contribution in [3.05, 3.63) is 48.5 Å². The maximum absolute atomic E-state index is 12.2. The highest BCUT2D eigenvalue weighted by Gasteiger charge is 2.44. The van der Waals surface area contributed by atoms with Gasteiger partial charge in [-0.3, -0.25) is 0 Å². The van der Waals surface area contributed by atoms with E-state index >= 15 is 0 Å². The molecule has 5 atom stereocenters. The third kappa shape index (κ3) is 4.43. The minimum atomic E-state index is -3.65. The van der Waals surface area contributed by atoms with Crippen LogP contribution in [-0.2, 0) is 14.8 Å². The zero-order chi connectivity index (χ0) is 21.2. The molecular weight excluding hydrogens is 402 g/mol. The molecule has 0 spiro atoms. The van der Waals surface area contributed by atoms with Gasteiger partial charge < -0.3 is 29.9 Å². The van der Waals surface area contributed by atoms with E-state index in [0.717, 1.165) is 0 Å². The summed E-state index contributed by atoms with van der Waals surface area (Å²) in [5.41, 5.74) is 1.13. The summed E-state index contributed by atoms with van der Waals surface area (Å²) < 4.78 is 37.6. The Morgan fingerprint density at radius 2 is 1.66 bits per heavy atom. The molecule has 158 valence electrons. The van der Waals surface area contributed by atoms with Crippen LogP contribution in [0.3, 0.4) is 0 Å². The number of hydrogen-bond donors (Lipinski definition) is 5. The van der Waals surface area contributed by atoms with Crippen molar-refractivity contribution in [2.24, 2.45) is 0 Å². The van der Waals surface area contributed by atoms with Crippen LogP contribution in [0.5, 0.6) is 5.75 Å². The predicted molar refractivity (Wildman–Crippen MR) is 103 cm³/mol. The predicted octanol–water partition coefficient (Wildman–Crippen LogP) is -0.560. The first-order valence-electron chi connectivity index (χ1n) is 8.88. The molecule has 2 aromatic carbocycles. The molecule has 0 aromatic heterocycles. The summed E-state index contributed by atoms with van der Waals surface area (Å²) in [6.45, 7) is -0.555. The highest BCUT2D eigenvalue weighted by Crippen LogP contribution is 2.30. The van der Waals surface area contributed by atoms with Crippen molar-refractivity contribution in [2.75, 3.05) is 13.7 Å². The lowest BCUT2D eigenvalue weighted by Crippen LogP contribution is -2.60. The van der Waals surface area contributed by atoms with Gasteiger partial charge in [0.05, 0.1) is 11.5 Å². The van der Waals surface area contributed by atoms with Gasteiger partial charge in [-0.1, -0.05) is 30.3 Å². The van der Waals surface area contributed by atoms with E-state index in [4.69, 9.17) is 9.47 Å². The molecule has 3 rings (SSSR count). The van der Waals surface area contributed by atoms with Gasteiger partial charge in [0, 0.05) is 5.56 Å². The Kier molecular flexibility index (Phi) is 6.54. The molecule has 0 bridgehead atoms. The van der Waals surface area contributed by atoms with Crippen molar-refractivity contribution >= 4 is 10.0 Å². The maximum atomic E-state index is 12.2. The van der Waals surface area contributed by atoms with Crippen molar-refractivity contribution in [1.82, 2.24) is 4.72 Å². The molecule has 10 heteroatoms. The van der Waals surface area contributed by atoms with Gasteiger partial charge in [0.2, 0.25) is 16.3 Å². The second-order valence-electron chi connectivity index (χ2n) is 6.54. The molecule has 1 fully saturated rings. The first-order valence-corrected chi connectivity index (χ1v) is 10.4. The van der Waals surface area contributed by atoms with Crippen LogP contribution in [-0.4, -0.2) is 73.2 Å². The van der Waals surface area contributed by atoms with E-state index in [-0.39, 0.29) is 10.6 Å². The smallest absolute Gasteiger partial charge is 0.240 e. The monoisotopic (exact) mass is 425 g/mol. The Labute approximate surface area is 168 Å². The van der Waals surface area contributed by atoms with Gasteiger partial charge in [-0.2, -0.15) is 0 Å². The quantitative estimate of drug-likeness (QED) is 0.414. The molecule has 5 N–H and O–H groups in total. The second-order valence-corrected chi connectivity index (χ2v) is 8.40. The summed E-state index contributed by atoms with van der Waals surface area (Å²) in [7, 11) is -2.31. The van der Waals surface area contributed by atoms with Gasteiger partial charge in [0.15, 0.2) is 0 Å². The molecule has 2 aromatic rings. The average molecular weight is 425 g/mol. The number of aliphatic hydroxyl groups is 4. The summed E-state index contributed by atoms with van der Waals surface area (Å²) in [4.78, 5) is 0.130. The number of sulfonamides is 1.